The van der Waals surface area contributed by atoms with Gasteiger partial charge in [0, 0.05) is 18.3 Å². The minimum atomic E-state index is 0.100. The minimum absolute atomic E-state index is 0.100. The number of carbonyl (C=O) groups excluding carboxylic acids is 1. The van der Waals surface area contributed by atoms with Gasteiger partial charge in [0.15, 0.2) is 0 Å². The fourth-order valence-electron chi connectivity index (χ4n) is 3.23. The van der Waals surface area contributed by atoms with Gasteiger partial charge in [-0.2, -0.15) is 0 Å². The molecule has 0 radical (unpaired) electrons. The molecule has 3 N–H and O–H groups in total. The SMILES string of the molecule is CCc1c[nH]c2ncnc(Nc3cccc(C4CCC(=O)N4)c3)c12. The number of fused-ring (bicyclic) bond motifs is 1. The van der Waals surface area contributed by atoms with Gasteiger partial charge in [-0.05, 0) is 36.1 Å². The van der Waals surface area contributed by atoms with Gasteiger partial charge >= 0.3 is 0 Å². The van der Waals surface area contributed by atoms with Crippen LogP contribution in [0.4, 0.5) is 11.5 Å². The molecule has 3 aromatic rings. The van der Waals surface area contributed by atoms with Gasteiger partial charge in [-0.3, -0.25) is 4.79 Å². The zero-order valence-corrected chi connectivity index (χ0v) is 13.5. The van der Waals surface area contributed by atoms with E-state index < -0.39 is 0 Å². The van der Waals surface area contributed by atoms with E-state index in [4.69, 9.17) is 0 Å². The number of aryl methyl sites for hydroxylation is 1. The smallest absolute Gasteiger partial charge is 0.220 e. The normalized spacial score (nSPS) is 17.2. The van der Waals surface area contributed by atoms with Gasteiger partial charge in [0.25, 0.3) is 0 Å². The van der Waals surface area contributed by atoms with Crippen LogP contribution in [0.3, 0.4) is 0 Å². The minimum Gasteiger partial charge on any atom is -0.349 e. The van der Waals surface area contributed by atoms with Crippen molar-refractivity contribution in [1.82, 2.24) is 20.3 Å². The van der Waals surface area contributed by atoms with E-state index in [9.17, 15) is 4.79 Å². The maximum absolute atomic E-state index is 11.4. The predicted molar refractivity (Wildman–Crippen MR) is 93.1 cm³/mol. The summed E-state index contributed by atoms with van der Waals surface area (Å²) >= 11 is 0. The number of benzene rings is 1. The third-order valence-electron chi connectivity index (χ3n) is 4.48. The quantitative estimate of drug-likeness (QED) is 0.689. The fraction of sp³-hybridized carbons (Fsp3) is 0.278. The average Bonchev–Trinajstić information content (AvgIpc) is 3.22. The van der Waals surface area contributed by atoms with E-state index in [1.54, 1.807) is 6.33 Å². The highest BCUT2D eigenvalue weighted by Gasteiger charge is 2.22. The molecule has 1 fully saturated rings. The summed E-state index contributed by atoms with van der Waals surface area (Å²) in [6, 6.07) is 8.22. The summed E-state index contributed by atoms with van der Waals surface area (Å²) in [6.45, 7) is 2.11. The second-order valence-corrected chi connectivity index (χ2v) is 6.02. The zero-order valence-electron chi connectivity index (χ0n) is 13.5. The molecule has 1 unspecified atom stereocenters. The van der Waals surface area contributed by atoms with Crippen LogP contribution in [0.5, 0.6) is 0 Å². The lowest BCUT2D eigenvalue weighted by molar-refractivity contribution is -0.119. The van der Waals surface area contributed by atoms with Crippen molar-refractivity contribution in [3.05, 3.63) is 47.9 Å². The monoisotopic (exact) mass is 321 g/mol. The Kier molecular flexibility index (Phi) is 3.65. The Morgan fingerprint density at radius 1 is 1.33 bits per heavy atom. The van der Waals surface area contributed by atoms with Gasteiger partial charge in [-0.25, -0.2) is 9.97 Å². The largest absolute Gasteiger partial charge is 0.349 e. The topological polar surface area (TPSA) is 82.7 Å². The van der Waals surface area contributed by atoms with E-state index in [1.807, 2.05) is 24.4 Å². The number of nitrogens with one attached hydrogen (secondary N) is 3. The van der Waals surface area contributed by atoms with Crippen LogP contribution in [0.1, 0.15) is 36.9 Å². The van der Waals surface area contributed by atoms with E-state index in [2.05, 4.69) is 38.6 Å². The molecule has 1 saturated heterocycles. The molecule has 1 atom stereocenters. The highest BCUT2D eigenvalue weighted by molar-refractivity contribution is 5.92. The number of carbonyl (C=O) groups is 1. The molecule has 0 spiro atoms. The lowest BCUT2D eigenvalue weighted by atomic mass is 10.0. The lowest BCUT2D eigenvalue weighted by Gasteiger charge is -2.13. The molecule has 0 saturated carbocycles. The Labute approximate surface area is 139 Å². The second kappa shape index (κ2) is 5.96. The van der Waals surface area contributed by atoms with E-state index in [0.29, 0.717) is 6.42 Å². The Bertz CT molecular complexity index is 901. The summed E-state index contributed by atoms with van der Waals surface area (Å²) in [5.41, 5.74) is 4.09. The molecule has 2 aromatic heterocycles. The number of aromatic amines is 1. The Morgan fingerprint density at radius 3 is 3.04 bits per heavy atom. The highest BCUT2D eigenvalue weighted by atomic mass is 16.1. The first kappa shape index (κ1) is 14.7. The highest BCUT2D eigenvalue weighted by Crippen LogP contribution is 2.29. The molecule has 122 valence electrons. The van der Waals surface area contributed by atoms with Crippen molar-refractivity contribution in [3.63, 3.8) is 0 Å². The summed E-state index contributed by atoms with van der Waals surface area (Å²) in [4.78, 5) is 23.3. The molecule has 24 heavy (non-hydrogen) atoms. The third-order valence-corrected chi connectivity index (χ3v) is 4.48. The summed E-state index contributed by atoms with van der Waals surface area (Å²) in [5, 5.41) is 7.43. The number of H-pyrrole nitrogens is 1. The van der Waals surface area contributed by atoms with Crippen molar-refractivity contribution in [2.24, 2.45) is 0 Å². The van der Waals surface area contributed by atoms with Crippen LogP contribution in [-0.4, -0.2) is 20.9 Å². The number of anilines is 2. The first-order valence-corrected chi connectivity index (χ1v) is 8.22. The fourth-order valence-corrected chi connectivity index (χ4v) is 3.23. The molecular formula is C18H19N5O. The molecule has 0 aliphatic carbocycles. The molecule has 1 aliphatic heterocycles. The maximum atomic E-state index is 11.4. The predicted octanol–water partition coefficient (Wildman–Crippen LogP) is 3.22. The van der Waals surface area contributed by atoms with Crippen molar-refractivity contribution >= 4 is 28.4 Å². The summed E-state index contributed by atoms with van der Waals surface area (Å²) in [5.74, 6) is 0.918. The molecule has 0 bridgehead atoms. The van der Waals surface area contributed by atoms with E-state index in [-0.39, 0.29) is 11.9 Å². The van der Waals surface area contributed by atoms with E-state index in [0.717, 1.165) is 40.9 Å². The van der Waals surface area contributed by atoms with Gasteiger partial charge < -0.3 is 15.6 Å². The molecule has 3 heterocycles. The van der Waals surface area contributed by atoms with Gasteiger partial charge in [-0.1, -0.05) is 19.1 Å². The van der Waals surface area contributed by atoms with Gasteiger partial charge in [-0.15, -0.1) is 0 Å². The number of aromatic nitrogens is 3. The molecule has 6 heteroatoms. The van der Waals surface area contributed by atoms with E-state index >= 15 is 0 Å². The third kappa shape index (κ3) is 2.60. The Hall–Kier alpha value is -2.89. The first-order chi connectivity index (χ1) is 11.7. The van der Waals surface area contributed by atoms with Crippen LogP contribution in [-0.2, 0) is 11.2 Å². The van der Waals surface area contributed by atoms with Crippen LogP contribution in [0, 0.1) is 0 Å². The van der Waals surface area contributed by atoms with Crippen LogP contribution in [0.25, 0.3) is 11.0 Å². The summed E-state index contributed by atoms with van der Waals surface area (Å²) in [7, 11) is 0. The van der Waals surface area contributed by atoms with Crippen molar-refractivity contribution in [1.29, 1.82) is 0 Å². The van der Waals surface area contributed by atoms with Crippen LogP contribution >= 0.6 is 0 Å². The summed E-state index contributed by atoms with van der Waals surface area (Å²) in [6.07, 6.45) is 5.89. The second-order valence-electron chi connectivity index (χ2n) is 6.02. The van der Waals surface area contributed by atoms with Crippen molar-refractivity contribution in [2.75, 3.05) is 5.32 Å². The van der Waals surface area contributed by atoms with Crippen molar-refractivity contribution in [3.8, 4) is 0 Å². The van der Waals surface area contributed by atoms with Crippen LogP contribution in [0.2, 0.25) is 0 Å². The van der Waals surface area contributed by atoms with Gasteiger partial charge in [0.2, 0.25) is 5.91 Å². The van der Waals surface area contributed by atoms with Crippen molar-refractivity contribution in [2.45, 2.75) is 32.2 Å². The van der Waals surface area contributed by atoms with Crippen LogP contribution in [0.15, 0.2) is 36.8 Å². The average molecular weight is 321 g/mol. The molecular weight excluding hydrogens is 302 g/mol. The number of nitrogens with zero attached hydrogens (tertiary/aromatic N) is 2. The van der Waals surface area contributed by atoms with Gasteiger partial charge in [0.1, 0.15) is 17.8 Å². The standard InChI is InChI=1S/C18H19N5O/c1-2-11-9-19-17-16(11)18(21-10-20-17)22-13-5-3-4-12(8-13)14-6-7-15(24)23-14/h3-5,8-10,14H,2,6-7H2,1H3,(H,23,24)(H2,19,20,21,22). The maximum Gasteiger partial charge on any atom is 0.220 e. The molecule has 1 aliphatic rings. The van der Waals surface area contributed by atoms with Crippen LogP contribution < -0.4 is 10.6 Å². The first-order valence-electron chi connectivity index (χ1n) is 8.22. The number of amides is 1. The Morgan fingerprint density at radius 2 is 2.25 bits per heavy atom. The number of hydrogen-bond donors (Lipinski definition) is 3. The molecule has 4 rings (SSSR count). The molecule has 1 amide bonds. The molecule has 6 nitrogen and oxygen atoms in total. The van der Waals surface area contributed by atoms with E-state index in [1.165, 1.54) is 5.56 Å². The summed E-state index contributed by atoms with van der Waals surface area (Å²) < 4.78 is 0. The molecule has 1 aromatic carbocycles. The van der Waals surface area contributed by atoms with Gasteiger partial charge in [0.05, 0.1) is 11.4 Å². The zero-order chi connectivity index (χ0) is 16.5. The lowest BCUT2D eigenvalue weighted by Crippen LogP contribution is -2.18. The Balaban J connectivity index is 1.66. The van der Waals surface area contributed by atoms with Crippen molar-refractivity contribution < 1.29 is 4.79 Å². The number of hydrogen-bond acceptors (Lipinski definition) is 4. The number of rotatable bonds is 4.